The van der Waals surface area contributed by atoms with E-state index in [1.165, 1.54) is 23.5 Å². The van der Waals surface area contributed by atoms with Crippen LogP contribution in [0.25, 0.3) is 0 Å². The molecule has 7 nitrogen and oxygen atoms in total. The van der Waals surface area contributed by atoms with Crippen LogP contribution in [0.4, 0.5) is 4.39 Å². The van der Waals surface area contributed by atoms with Crippen LogP contribution in [0.1, 0.15) is 49.7 Å². The van der Waals surface area contributed by atoms with Gasteiger partial charge in [0.05, 0.1) is 24.3 Å². The Morgan fingerprint density at radius 2 is 2.13 bits per heavy atom. The summed E-state index contributed by atoms with van der Waals surface area (Å²) in [7, 11) is -2.56. The van der Waals surface area contributed by atoms with Gasteiger partial charge in [0.25, 0.3) is 0 Å². The summed E-state index contributed by atoms with van der Waals surface area (Å²) < 4.78 is 53.2. The summed E-state index contributed by atoms with van der Waals surface area (Å²) in [6.07, 6.45) is 3.84. The Morgan fingerprint density at radius 3 is 2.83 bits per heavy atom. The Bertz CT molecular complexity index is 1060. The van der Waals surface area contributed by atoms with Crippen LogP contribution < -0.4 is 4.74 Å². The van der Waals surface area contributed by atoms with E-state index in [1.54, 1.807) is 0 Å². The lowest BCUT2D eigenvalue weighted by molar-refractivity contribution is -0.0936. The van der Waals surface area contributed by atoms with Crippen molar-refractivity contribution in [2.45, 2.75) is 49.5 Å². The topological polar surface area (TPSA) is 81.6 Å². The van der Waals surface area contributed by atoms with Crippen molar-refractivity contribution in [2.24, 2.45) is 0 Å². The minimum absolute atomic E-state index is 0.00604. The predicted molar refractivity (Wildman–Crippen MR) is 108 cm³/mol. The summed E-state index contributed by atoms with van der Waals surface area (Å²) in [4.78, 5) is 9.14. The Balaban J connectivity index is 1.70. The van der Waals surface area contributed by atoms with Crippen molar-refractivity contribution in [3.05, 3.63) is 47.3 Å². The molecular weight excluding hydrogens is 409 g/mol. The van der Waals surface area contributed by atoms with Crippen molar-refractivity contribution in [2.75, 3.05) is 26.8 Å². The molecule has 0 radical (unpaired) electrons. The van der Waals surface area contributed by atoms with Gasteiger partial charge in [-0.2, -0.15) is 4.31 Å². The number of ether oxygens (including phenoxy) is 2. The van der Waals surface area contributed by atoms with E-state index >= 15 is 0 Å². The molecular formula is C21H26FN3O4S. The van der Waals surface area contributed by atoms with E-state index in [4.69, 9.17) is 14.5 Å². The van der Waals surface area contributed by atoms with Crippen LogP contribution in [0.5, 0.6) is 5.75 Å². The molecule has 3 heterocycles. The van der Waals surface area contributed by atoms with E-state index in [1.807, 2.05) is 20.0 Å². The molecule has 0 aliphatic carbocycles. The van der Waals surface area contributed by atoms with Gasteiger partial charge in [0, 0.05) is 25.2 Å². The van der Waals surface area contributed by atoms with E-state index in [9.17, 15) is 12.8 Å². The highest BCUT2D eigenvalue weighted by Gasteiger charge is 2.46. The SMILES string of the molecule is COc1ccc(S(=O)(=O)N2CCC[C@@]3(C2)OCCc2cnc(C(C)C)nc23)cc1F. The highest BCUT2D eigenvalue weighted by Crippen LogP contribution is 2.41. The van der Waals surface area contributed by atoms with E-state index in [0.717, 1.165) is 23.1 Å². The van der Waals surface area contributed by atoms with Gasteiger partial charge in [-0.25, -0.2) is 22.8 Å². The van der Waals surface area contributed by atoms with Crippen LogP contribution in [0, 0.1) is 5.82 Å². The first-order valence-corrected chi connectivity index (χ1v) is 11.5. The molecule has 162 valence electrons. The normalized spacial score (nSPS) is 22.3. The van der Waals surface area contributed by atoms with Gasteiger partial charge in [-0.15, -0.1) is 0 Å². The molecule has 0 bridgehead atoms. The van der Waals surface area contributed by atoms with Crippen LogP contribution in [-0.2, 0) is 26.8 Å². The second-order valence-corrected chi connectivity index (χ2v) is 10.0. The van der Waals surface area contributed by atoms with Gasteiger partial charge in [0.2, 0.25) is 10.0 Å². The zero-order valence-electron chi connectivity index (χ0n) is 17.4. The molecule has 0 unspecified atom stereocenters. The fourth-order valence-corrected chi connectivity index (χ4v) is 5.70. The van der Waals surface area contributed by atoms with Gasteiger partial charge in [-0.05, 0) is 43.0 Å². The van der Waals surface area contributed by atoms with E-state index in [-0.39, 0.29) is 23.1 Å². The molecule has 1 atom stereocenters. The molecule has 2 aliphatic heterocycles. The van der Waals surface area contributed by atoms with Crippen molar-refractivity contribution >= 4 is 10.0 Å². The maximum absolute atomic E-state index is 14.2. The first-order valence-electron chi connectivity index (χ1n) is 10.1. The Labute approximate surface area is 176 Å². The average Bonchev–Trinajstić information content (AvgIpc) is 2.74. The van der Waals surface area contributed by atoms with Gasteiger partial charge in [0.1, 0.15) is 11.4 Å². The number of hydrogen-bond donors (Lipinski definition) is 0. The number of aromatic nitrogens is 2. The summed E-state index contributed by atoms with van der Waals surface area (Å²) >= 11 is 0. The third-order valence-corrected chi connectivity index (χ3v) is 7.60. The largest absolute Gasteiger partial charge is 0.494 e. The molecule has 0 saturated carbocycles. The van der Waals surface area contributed by atoms with Crippen molar-refractivity contribution < 1.29 is 22.3 Å². The van der Waals surface area contributed by atoms with Crippen LogP contribution in [0.15, 0.2) is 29.3 Å². The monoisotopic (exact) mass is 435 g/mol. The third-order valence-electron chi connectivity index (χ3n) is 5.76. The average molecular weight is 436 g/mol. The van der Waals surface area contributed by atoms with Crippen molar-refractivity contribution in [3.63, 3.8) is 0 Å². The number of sulfonamides is 1. The Hall–Kier alpha value is -2.10. The second-order valence-electron chi connectivity index (χ2n) is 8.09. The summed E-state index contributed by atoms with van der Waals surface area (Å²) in [6, 6.07) is 3.70. The second kappa shape index (κ2) is 7.86. The van der Waals surface area contributed by atoms with Crippen molar-refractivity contribution in [3.8, 4) is 5.75 Å². The number of benzene rings is 1. The van der Waals surface area contributed by atoms with Gasteiger partial charge in [-0.3, -0.25) is 0 Å². The molecule has 4 rings (SSSR count). The first-order chi connectivity index (χ1) is 14.3. The minimum atomic E-state index is -3.90. The summed E-state index contributed by atoms with van der Waals surface area (Å²) in [5, 5.41) is 0. The molecule has 1 fully saturated rings. The first kappa shape index (κ1) is 21.1. The Kier molecular flexibility index (Phi) is 5.54. The summed E-state index contributed by atoms with van der Waals surface area (Å²) in [6.45, 7) is 5.02. The number of halogens is 1. The molecule has 1 aromatic heterocycles. The Morgan fingerprint density at radius 1 is 1.33 bits per heavy atom. The lowest BCUT2D eigenvalue weighted by atomic mass is 9.85. The third kappa shape index (κ3) is 3.59. The fourth-order valence-electron chi connectivity index (χ4n) is 4.16. The van der Waals surface area contributed by atoms with Gasteiger partial charge in [-0.1, -0.05) is 13.8 Å². The van der Waals surface area contributed by atoms with Crippen LogP contribution >= 0.6 is 0 Å². The molecule has 1 spiro atoms. The quantitative estimate of drug-likeness (QED) is 0.734. The fraction of sp³-hybridized carbons (Fsp3) is 0.524. The zero-order chi connectivity index (χ0) is 21.5. The predicted octanol–water partition coefficient (Wildman–Crippen LogP) is 3.00. The number of methoxy groups -OCH3 is 1. The number of fused-ring (bicyclic) bond motifs is 2. The van der Waals surface area contributed by atoms with E-state index in [2.05, 4.69) is 4.98 Å². The molecule has 1 aromatic carbocycles. The van der Waals surface area contributed by atoms with Gasteiger partial charge in [0.15, 0.2) is 11.6 Å². The van der Waals surface area contributed by atoms with Gasteiger partial charge < -0.3 is 9.47 Å². The smallest absolute Gasteiger partial charge is 0.243 e. The van der Waals surface area contributed by atoms with Crippen LogP contribution in [-0.4, -0.2) is 49.5 Å². The molecule has 1 saturated heterocycles. The summed E-state index contributed by atoms with van der Waals surface area (Å²) in [5.41, 5.74) is 0.977. The minimum Gasteiger partial charge on any atom is -0.494 e. The van der Waals surface area contributed by atoms with Crippen LogP contribution in [0.3, 0.4) is 0 Å². The highest BCUT2D eigenvalue weighted by atomic mass is 32.2. The standard InChI is InChI=1S/C21H26FN3O4S/c1-14(2)20-23-12-15-7-10-29-21(19(15)24-20)8-4-9-25(13-21)30(26,27)16-5-6-18(28-3)17(22)11-16/h5-6,11-12,14H,4,7-10,13H2,1-3H3/t21-/m0/s1. The molecule has 9 heteroatoms. The van der Waals surface area contributed by atoms with E-state index < -0.39 is 21.4 Å². The lowest BCUT2D eigenvalue weighted by Crippen LogP contribution is -2.52. The van der Waals surface area contributed by atoms with Crippen molar-refractivity contribution in [1.82, 2.24) is 14.3 Å². The maximum atomic E-state index is 14.2. The highest BCUT2D eigenvalue weighted by molar-refractivity contribution is 7.89. The van der Waals surface area contributed by atoms with E-state index in [0.29, 0.717) is 32.4 Å². The number of piperidine rings is 1. The number of rotatable bonds is 4. The lowest BCUT2D eigenvalue weighted by Gasteiger charge is -2.44. The molecule has 0 amide bonds. The molecule has 2 aliphatic rings. The van der Waals surface area contributed by atoms with Gasteiger partial charge >= 0.3 is 0 Å². The molecule has 30 heavy (non-hydrogen) atoms. The van der Waals surface area contributed by atoms with Crippen LogP contribution in [0.2, 0.25) is 0 Å². The molecule has 2 aromatic rings. The maximum Gasteiger partial charge on any atom is 0.243 e. The summed E-state index contributed by atoms with van der Waals surface area (Å²) in [5.74, 6) is 0.168. The molecule has 0 N–H and O–H groups in total. The zero-order valence-corrected chi connectivity index (χ0v) is 18.2. The number of hydrogen-bond acceptors (Lipinski definition) is 6. The number of nitrogens with zero attached hydrogens (tertiary/aromatic N) is 3. The van der Waals surface area contributed by atoms with Crippen molar-refractivity contribution in [1.29, 1.82) is 0 Å².